The molecule has 0 saturated carbocycles. The van der Waals surface area contributed by atoms with Crippen molar-refractivity contribution in [1.82, 2.24) is 0 Å². The Bertz CT molecular complexity index is 811. The Kier molecular flexibility index (Phi) is 5.02. The summed E-state index contributed by atoms with van der Waals surface area (Å²) < 4.78 is 1.89. The van der Waals surface area contributed by atoms with E-state index in [1.165, 1.54) is 11.1 Å². The first-order valence-electron chi connectivity index (χ1n) is 8.07. The highest BCUT2D eigenvalue weighted by Crippen LogP contribution is 2.09. The number of benzene rings is 2. The zero-order valence-electron chi connectivity index (χ0n) is 13.8. The van der Waals surface area contributed by atoms with Gasteiger partial charge in [0.15, 0.2) is 12.4 Å². The lowest BCUT2D eigenvalue weighted by molar-refractivity contribution is -0.684. The van der Waals surface area contributed by atoms with Crippen LogP contribution in [0.3, 0.4) is 0 Å². The summed E-state index contributed by atoms with van der Waals surface area (Å²) in [7, 11) is 0. The van der Waals surface area contributed by atoms with E-state index < -0.39 is 0 Å². The van der Waals surface area contributed by atoms with Crippen molar-refractivity contribution >= 4 is 11.6 Å². The first-order chi connectivity index (χ1) is 11.7. The molecule has 3 aromatic rings. The molecule has 0 saturated heterocycles. The predicted octanol–water partition coefficient (Wildman–Crippen LogP) is 3.51. The first-order valence-corrected chi connectivity index (χ1v) is 8.07. The Balaban J connectivity index is 1.58. The number of carbonyl (C=O) groups is 1. The van der Waals surface area contributed by atoms with Gasteiger partial charge in [-0.25, -0.2) is 0 Å². The molecule has 0 spiro atoms. The van der Waals surface area contributed by atoms with Gasteiger partial charge in [-0.2, -0.15) is 4.57 Å². The van der Waals surface area contributed by atoms with Gasteiger partial charge in [0, 0.05) is 17.8 Å². The average molecular weight is 317 g/mol. The summed E-state index contributed by atoms with van der Waals surface area (Å²) in [6, 6.07) is 22.3. The van der Waals surface area contributed by atoms with E-state index in [1.54, 1.807) is 0 Å². The largest absolute Gasteiger partial charge is 0.321 e. The van der Waals surface area contributed by atoms with E-state index in [0.717, 1.165) is 17.7 Å². The molecule has 1 aromatic heterocycles. The SMILES string of the molecule is Cc1cccc(NC(=O)C[n+]2ccc(Cc3ccccc3)cc2)c1. The smallest absolute Gasteiger partial charge is 0.290 e. The van der Waals surface area contributed by atoms with Gasteiger partial charge in [0.25, 0.3) is 5.91 Å². The average Bonchev–Trinajstić information content (AvgIpc) is 2.57. The number of anilines is 1. The summed E-state index contributed by atoms with van der Waals surface area (Å²) in [6.45, 7) is 2.31. The third-order valence-electron chi connectivity index (χ3n) is 3.84. The van der Waals surface area contributed by atoms with Gasteiger partial charge in [0.05, 0.1) is 0 Å². The number of carbonyl (C=O) groups excluding carboxylic acids is 1. The second kappa shape index (κ2) is 7.55. The van der Waals surface area contributed by atoms with E-state index in [-0.39, 0.29) is 5.91 Å². The lowest BCUT2D eigenvalue weighted by Crippen LogP contribution is -2.39. The summed E-state index contributed by atoms with van der Waals surface area (Å²) in [5, 5.41) is 2.93. The zero-order valence-corrected chi connectivity index (χ0v) is 13.8. The van der Waals surface area contributed by atoms with Crippen molar-refractivity contribution in [3.05, 3.63) is 95.8 Å². The molecule has 0 aliphatic carbocycles. The lowest BCUT2D eigenvalue weighted by atomic mass is 10.1. The Morgan fingerprint density at radius 1 is 0.917 bits per heavy atom. The molecule has 0 unspecified atom stereocenters. The van der Waals surface area contributed by atoms with Crippen LogP contribution in [0.4, 0.5) is 5.69 Å². The second-order valence-corrected chi connectivity index (χ2v) is 5.96. The number of nitrogens with zero attached hydrogens (tertiary/aromatic N) is 1. The Morgan fingerprint density at radius 2 is 1.62 bits per heavy atom. The van der Waals surface area contributed by atoms with Gasteiger partial charge in [0.2, 0.25) is 6.54 Å². The molecule has 120 valence electrons. The molecule has 0 aliphatic heterocycles. The first kappa shape index (κ1) is 15.9. The summed E-state index contributed by atoms with van der Waals surface area (Å²) >= 11 is 0. The number of hydrogen-bond donors (Lipinski definition) is 1. The van der Waals surface area contributed by atoms with Crippen LogP contribution in [-0.4, -0.2) is 5.91 Å². The Hall–Kier alpha value is -2.94. The minimum atomic E-state index is -0.0265. The summed E-state index contributed by atoms with van der Waals surface area (Å²) in [4.78, 5) is 12.1. The minimum Gasteiger partial charge on any atom is -0.321 e. The van der Waals surface area contributed by atoms with E-state index in [9.17, 15) is 4.79 Å². The van der Waals surface area contributed by atoms with Crippen LogP contribution in [0.5, 0.6) is 0 Å². The van der Waals surface area contributed by atoms with Gasteiger partial charge in [-0.15, -0.1) is 0 Å². The number of pyridine rings is 1. The van der Waals surface area contributed by atoms with Crippen LogP contribution in [0.1, 0.15) is 16.7 Å². The standard InChI is InChI=1S/C21H20N2O/c1-17-6-5-9-20(14-17)22-21(24)16-23-12-10-19(11-13-23)15-18-7-3-2-4-8-18/h2-14H,15-16H2,1H3/p+1. The number of hydrogen-bond acceptors (Lipinski definition) is 1. The summed E-state index contributed by atoms with van der Waals surface area (Å²) in [6.07, 6.45) is 4.80. The number of amides is 1. The molecule has 0 aliphatic rings. The molecule has 0 bridgehead atoms. The van der Waals surface area contributed by atoms with Gasteiger partial charge in [-0.3, -0.25) is 4.79 Å². The lowest BCUT2D eigenvalue weighted by Gasteiger charge is -2.04. The molecule has 0 radical (unpaired) electrons. The van der Waals surface area contributed by atoms with Crippen molar-refractivity contribution in [3.63, 3.8) is 0 Å². The van der Waals surface area contributed by atoms with Crippen molar-refractivity contribution < 1.29 is 9.36 Å². The van der Waals surface area contributed by atoms with Gasteiger partial charge in [-0.1, -0.05) is 42.5 Å². The molecule has 0 fully saturated rings. The molecule has 3 rings (SSSR count). The van der Waals surface area contributed by atoms with Gasteiger partial charge in [-0.05, 0) is 42.2 Å². The number of nitrogens with one attached hydrogen (secondary N) is 1. The molecule has 2 aromatic carbocycles. The maximum absolute atomic E-state index is 12.1. The number of aryl methyl sites for hydroxylation is 1. The van der Waals surface area contributed by atoms with Crippen LogP contribution in [0.25, 0.3) is 0 Å². The van der Waals surface area contributed by atoms with Gasteiger partial charge >= 0.3 is 0 Å². The highest BCUT2D eigenvalue weighted by Gasteiger charge is 2.09. The maximum Gasteiger partial charge on any atom is 0.290 e. The second-order valence-electron chi connectivity index (χ2n) is 5.96. The monoisotopic (exact) mass is 317 g/mol. The fraction of sp³-hybridized carbons (Fsp3) is 0.143. The minimum absolute atomic E-state index is 0.0265. The maximum atomic E-state index is 12.1. The van der Waals surface area contributed by atoms with Crippen molar-refractivity contribution in [1.29, 1.82) is 0 Å². The van der Waals surface area contributed by atoms with Crippen LogP contribution in [-0.2, 0) is 17.8 Å². The fourth-order valence-corrected chi connectivity index (χ4v) is 2.63. The van der Waals surface area contributed by atoms with Crippen molar-refractivity contribution in [3.8, 4) is 0 Å². The molecular formula is C21H21N2O+. The predicted molar refractivity (Wildman–Crippen MR) is 95.7 cm³/mol. The zero-order chi connectivity index (χ0) is 16.8. The van der Waals surface area contributed by atoms with Crippen molar-refractivity contribution in [2.45, 2.75) is 19.9 Å². The van der Waals surface area contributed by atoms with Crippen LogP contribution < -0.4 is 9.88 Å². The highest BCUT2D eigenvalue weighted by molar-refractivity contribution is 5.89. The fourth-order valence-electron chi connectivity index (χ4n) is 2.63. The summed E-state index contributed by atoms with van der Waals surface area (Å²) in [5.74, 6) is -0.0265. The highest BCUT2D eigenvalue weighted by atomic mass is 16.1. The van der Waals surface area contributed by atoms with E-state index in [1.807, 2.05) is 66.3 Å². The summed E-state index contributed by atoms with van der Waals surface area (Å²) in [5.41, 5.74) is 4.48. The molecule has 24 heavy (non-hydrogen) atoms. The van der Waals surface area contributed by atoms with E-state index in [0.29, 0.717) is 6.54 Å². The molecule has 0 atom stereocenters. The molecule has 1 N–H and O–H groups in total. The molecule has 1 heterocycles. The van der Waals surface area contributed by atoms with Gasteiger partial charge < -0.3 is 5.32 Å². The van der Waals surface area contributed by atoms with Crippen LogP contribution in [0.15, 0.2) is 79.1 Å². The molecule has 3 nitrogen and oxygen atoms in total. The van der Waals surface area contributed by atoms with Crippen LogP contribution in [0, 0.1) is 6.92 Å². The Labute approximate surface area is 142 Å². The molecule has 1 amide bonds. The van der Waals surface area contributed by atoms with Crippen molar-refractivity contribution in [2.24, 2.45) is 0 Å². The van der Waals surface area contributed by atoms with Gasteiger partial charge in [0.1, 0.15) is 0 Å². The molecule has 3 heteroatoms. The third kappa shape index (κ3) is 4.53. The normalized spacial score (nSPS) is 10.4. The number of rotatable bonds is 5. The van der Waals surface area contributed by atoms with Crippen molar-refractivity contribution in [2.75, 3.05) is 5.32 Å². The van der Waals surface area contributed by atoms with Crippen LogP contribution in [0.2, 0.25) is 0 Å². The Morgan fingerprint density at radius 3 is 2.33 bits per heavy atom. The van der Waals surface area contributed by atoms with E-state index in [4.69, 9.17) is 0 Å². The van der Waals surface area contributed by atoms with E-state index >= 15 is 0 Å². The van der Waals surface area contributed by atoms with E-state index in [2.05, 4.69) is 29.6 Å². The molecular weight excluding hydrogens is 296 g/mol. The number of aromatic nitrogens is 1. The third-order valence-corrected chi connectivity index (χ3v) is 3.84. The topological polar surface area (TPSA) is 33.0 Å². The van der Waals surface area contributed by atoms with Crippen LogP contribution >= 0.6 is 0 Å². The quantitative estimate of drug-likeness (QED) is 0.718.